The van der Waals surface area contributed by atoms with Gasteiger partial charge in [0, 0.05) is 48.6 Å². The Bertz CT molecular complexity index is 515. The van der Waals surface area contributed by atoms with Gasteiger partial charge < -0.3 is 32.9 Å². The molecule has 2 aliphatic rings. The second-order valence-electron chi connectivity index (χ2n) is 7.71. The van der Waals surface area contributed by atoms with Crippen molar-refractivity contribution in [1.29, 1.82) is 0 Å². The predicted octanol–water partition coefficient (Wildman–Crippen LogP) is 2.36. The van der Waals surface area contributed by atoms with E-state index in [1.54, 1.807) is 0 Å². The van der Waals surface area contributed by atoms with E-state index in [0.717, 1.165) is 6.42 Å². The van der Waals surface area contributed by atoms with Crippen molar-refractivity contribution < 1.29 is 75.0 Å². The zero-order chi connectivity index (χ0) is 20.2. The zero-order valence-corrected chi connectivity index (χ0v) is 25.4. The van der Waals surface area contributed by atoms with Crippen molar-refractivity contribution in [1.82, 2.24) is 0 Å². The standard InChI is InChI=1S/C18H34O7PS.2W/c1-11(2)20-9-17-16(8-14(6)23-17)25-26(19,27)21-10-18-15(22-12(3)4)7-13(5)24-18;;/h8,11-18H,7,9-10H2,1-6H3,(H,19,27);;/q-1;;/p-1/t13-,14-,15+,16+,17+,18+,26?;;/m0../s1. The molecule has 0 radical (unpaired) electrons. The maximum Gasteiger partial charge on any atom is 0.113 e. The van der Waals surface area contributed by atoms with Crippen LogP contribution in [-0.2, 0) is 81.9 Å². The molecule has 29 heavy (non-hydrogen) atoms. The van der Waals surface area contributed by atoms with Crippen LogP contribution in [0.2, 0.25) is 0 Å². The summed E-state index contributed by atoms with van der Waals surface area (Å²) in [7, 11) is 0. The quantitative estimate of drug-likeness (QED) is 0.247. The fourth-order valence-corrected chi connectivity index (χ4v) is 4.59. The van der Waals surface area contributed by atoms with Gasteiger partial charge in [0.1, 0.15) is 12.8 Å². The maximum absolute atomic E-state index is 12.7. The van der Waals surface area contributed by atoms with Gasteiger partial charge in [0.05, 0.1) is 43.7 Å². The third kappa shape index (κ3) is 10.9. The smallest absolute Gasteiger partial charge is 0.113 e. The van der Waals surface area contributed by atoms with Crippen LogP contribution in [-0.4, -0.2) is 62.0 Å². The van der Waals surface area contributed by atoms with Crippen LogP contribution in [0.4, 0.5) is 0 Å². The average molecular weight is 792 g/mol. The Balaban J connectivity index is 0.00000392. The molecule has 0 bridgehead atoms. The average Bonchev–Trinajstić information content (AvgIpc) is 3.04. The molecule has 11 heteroatoms. The molecule has 7 nitrogen and oxygen atoms in total. The largest absolute Gasteiger partial charge is 0.780 e. The minimum atomic E-state index is -3.70. The first-order chi connectivity index (χ1) is 12.6. The van der Waals surface area contributed by atoms with E-state index in [9.17, 15) is 4.89 Å². The molecule has 7 atom stereocenters. The molecule has 0 saturated carbocycles. The van der Waals surface area contributed by atoms with Crippen molar-refractivity contribution >= 4 is 18.5 Å². The van der Waals surface area contributed by atoms with Crippen LogP contribution >= 0.6 is 6.72 Å². The fourth-order valence-electron chi connectivity index (χ4n) is 3.22. The molecule has 0 spiro atoms. The first-order valence-corrected chi connectivity index (χ1v) is 12.2. The molecule has 2 fully saturated rings. The van der Waals surface area contributed by atoms with Crippen molar-refractivity contribution in [3.8, 4) is 0 Å². The summed E-state index contributed by atoms with van der Waals surface area (Å²) in [6, 6.07) is 0. The SMILES string of the molecule is CC(C)OC[C@H]1O[C@@H](C)[CH-][C@H]1OP([O-])(=S)OC[C@H]1O[C@@H](C)C[C@H]1OC(C)C.[W].[W]. The Kier molecular flexibility index (Phi) is 15.0. The van der Waals surface area contributed by atoms with Gasteiger partial charge in [0.25, 0.3) is 0 Å². The zero-order valence-electron chi connectivity index (χ0n) is 17.8. The summed E-state index contributed by atoms with van der Waals surface area (Å²) < 4.78 is 34.1. The third-order valence-corrected chi connectivity index (χ3v) is 5.83. The summed E-state index contributed by atoms with van der Waals surface area (Å²) in [4.78, 5) is 12.7. The molecule has 0 aromatic rings. The molecule has 2 rings (SSSR count). The van der Waals surface area contributed by atoms with Crippen LogP contribution in [0.15, 0.2) is 0 Å². The monoisotopic (exact) mass is 792 g/mol. The summed E-state index contributed by atoms with van der Waals surface area (Å²) in [5, 5.41) is 0. The molecule has 0 aliphatic carbocycles. The maximum atomic E-state index is 12.7. The predicted molar refractivity (Wildman–Crippen MR) is 104 cm³/mol. The Morgan fingerprint density at radius 3 is 2.31 bits per heavy atom. The number of hydrogen-bond acceptors (Lipinski definition) is 8. The first-order valence-electron chi connectivity index (χ1n) is 9.62. The summed E-state index contributed by atoms with van der Waals surface area (Å²) in [5.74, 6) is 0. The van der Waals surface area contributed by atoms with Gasteiger partial charge in [-0.15, -0.1) is 0 Å². The van der Waals surface area contributed by atoms with Gasteiger partial charge in [-0.3, -0.25) is 6.42 Å². The molecule has 0 aromatic carbocycles. The van der Waals surface area contributed by atoms with Gasteiger partial charge in [-0.1, -0.05) is 24.8 Å². The van der Waals surface area contributed by atoms with Crippen LogP contribution in [0.5, 0.6) is 0 Å². The van der Waals surface area contributed by atoms with Crippen molar-refractivity contribution in [2.24, 2.45) is 0 Å². The molecule has 2 saturated heterocycles. The second-order valence-corrected chi connectivity index (χ2v) is 10.4. The van der Waals surface area contributed by atoms with Crippen LogP contribution in [0.1, 0.15) is 48.0 Å². The van der Waals surface area contributed by atoms with Gasteiger partial charge in [0.15, 0.2) is 0 Å². The Hall–Kier alpha value is 1.75. The van der Waals surface area contributed by atoms with Crippen LogP contribution in [0.25, 0.3) is 0 Å². The van der Waals surface area contributed by atoms with Crippen LogP contribution in [0.3, 0.4) is 0 Å². The topological polar surface area (TPSA) is 78.4 Å². The Morgan fingerprint density at radius 2 is 1.72 bits per heavy atom. The van der Waals surface area contributed by atoms with E-state index in [0.29, 0.717) is 6.61 Å². The van der Waals surface area contributed by atoms with Gasteiger partial charge in [-0.2, -0.15) is 0 Å². The molecule has 2 heterocycles. The Morgan fingerprint density at radius 1 is 1.07 bits per heavy atom. The van der Waals surface area contributed by atoms with Gasteiger partial charge in [0.2, 0.25) is 0 Å². The normalized spacial score (nSPS) is 34.1. The van der Waals surface area contributed by atoms with Crippen molar-refractivity contribution in [2.75, 3.05) is 13.2 Å². The van der Waals surface area contributed by atoms with E-state index in [2.05, 4.69) is 0 Å². The van der Waals surface area contributed by atoms with E-state index < -0.39 is 12.8 Å². The van der Waals surface area contributed by atoms with E-state index in [1.165, 1.54) is 0 Å². The molecule has 2 aliphatic heterocycles. The Labute approximate surface area is 209 Å². The number of hydrogen-bond donors (Lipinski definition) is 0. The number of ether oxygens (including phenoxy) is 4. The van der Waals surface area contributed by atoms with E-state index >= 15 is 0 Å². The van der Waals surface area contributed by atoms with Crippen LogP contribution < -0.4 is 4.89 Å². The number of rotatable bonds is 10. The summed E-state index contributed by atoms with van der Waals surface area (Å²) in [6.07, 6.45) is 1.35. The minimum absolute atomic E-state index is 0. The minimum Gasteiger partial charge on any atom is -0.780 e. The first kappa shape index (κ1) is 30.7. The third-order valence-electron chi connectivity index (χ3n) is 4.29. The van der Waals surface area contributed by atoms with Gasteiger partial charge in [-0.25, -0.2) is 0 Å². The molecule has 0 amide bonds. The summed E-state index contributed by atoms with van der Waals surface area (Å²) in [5.41, 5.74) is 0. The van der Waals surface area contributed by atoms with Gasteiger partial charge >= 0.3 is 0 Å². The fraction of sp³-hybridized carbons (Fsp3) is 0.944. The van der Waals surface area contributed by atoms with E-state index in [4.69, 9.17) is 39.8 Å². The molecular formula is C18H33O7PSW2-2. The van der Waals surface area contributed by atoms with E-state index in [-0.39, 0.29) is 91.5 Å². The van der Waals surface area contributed by atoms with Gasteiger partial charge in [-0.05, 0) is 40.7 Å². The molecule has 172 valence electrons. The molecule has 0 aromatic heterocycles. The molecule has 0 N–H and O–H groups in total. The van der Waals surface area contributed by atoms with E-state index in [1.807, 2.05) is 48.0 Å². The van der Waals surface area contributed by atoms with Crippen molar-refractivity contribution in [3.05, 3.63) is 6.42 Å². The van der Waals surface area contributed by atoms with Crippen molar-refractivity contribution in [3.63, 3.8) is 0 Å². The van der Waals surface area contributed by atoms with Crippen molar-refractivity contribution in [2.45, 2.75) is 96.8 Å². The summed E-state index contributed by atoms with van der Waals surface area (Å²) in [6.45, 7) is 8.40. The summed E-state index contributed by atoms with van der Waals surface area (Å²) >= 11 is 5.10. The van der Waals surface area contributed by atoms with Crippen LogP contribution in [0, 0.1) is 6.42 Å². The molecule has 1 unspecified atom stereocenters. The second kappa shape index (κ2) is 14.1. The molecular weight excluding hydrogens is 759 g/mol.